The Kier molecular flexibility index (Phi) is 2.46. The molecular weight excluding hydrogens is 170 g/mol. The lowest BCUT2D eigenvalue weighted by atomic mass is 9.63. The second-order valence-electron chi connectivity index (χ2n) is 5.98. The molecular formula is C13H23N. The van der Waals surface area contributed by atoms with Crippen LogP contribution >= 0.6 is 0 Å². The van der Waals surface area contributed by atoms with E-state index in [4.69, 9.17) is 0 Å². The van der Waals surface area contributed by atoms with Gasteiger partial charge in [0.25, 0.3) is 0 Å². The predicted octanol–water partition coefficient (Wildman–Crippen LogP) is 2.93. The quantitative estimate of drug-likeness (QED) is 0.623. The lowest BCUT2D eigenvalue weighted by Gasteiger charge is -2.55. The van der Waals surface area contributed by atoms with E-state index in [1.165, 1.54) is 26.1 Å². The van der Waals surface area contributed by atoms with E-state index in [0.717, 1.165) is 11.8 Å². The number of allylic oxidation sites excluding steroid dienone is 1. The topological polar surface area (TPSA) is 3.24 Å². The molecule has 1 saturated heterocycles. The van der Waals surface area contributed by atoms with E-state index >= 15 is 0 Å². The minimum absolute atomic E-state index is 0.620. The molecule has 0 atom stereocenters. The fourth-order valence-corrected chi connectivity index (χ4v) is 2.83. The number of rotatable bonds is 3. The second-order valence-corrected chi connectivity index (χ2v) is 5.98. The molecule has 2 aliphatic rings. The summed E-state index contributed by atoms with van der Waals surface area (Å²) >= 11 is 0. The van der Waals surface area contributed by atoms with Crippen molar-refractivity contribution in [3.05, 3.63) is 11.6 Å². The van der Waals surface area contributed by atoms with Crippen LogP contribution in [0.25, 0.3) is 0 Å². The highest BCUT2D eigenvalue weighted by molar-refractivity contribution is 5.29. The summed E-state index contributed by atoms with van der Waals surface area (Å²) in [5, 5.41) is 0. The fourth-order valence-electron chi connectivity index (χ4n) is 2.83. The Bertz CT molecular complexity index is 244. The Morgan fingerprint density at radius 1 is 1.29 bits per heavy atom. The van der Waals surface area contributed by atoms with Gasteiger partial charge in [-0.2, -0.15) is 0 Å². The SMILES string of the molecule is CC(C)CN1CC2(C=C(C(C)C)C2)C1. The minimum Gasteiger partial charge on any atom is -0.301 e. The maximum absolute atomic E-state index is 2.60. The second kappa shape index (κ2) is 3.37. The summed E-state index contributed by atoms with van der Waals surface area (Å²) in [6.45, 7) is 13.2. The number of nitrogens with zero attached hydrogens (tertiary/aromatic N) is 1. The first-order chi connectivity index (χ1) is 6.51. The standard InChI is InChI=1S/C13H23N/c1-10(2)7-14-8-13(9-14)5-12(6-13)11(3)4/h5,10-11H,6-9H2,1-4H3. The van der Waals surface area contributed by atoms with Crippen LogP contribution in [0.4, 0.5) is 0 Å². The van der Waals surface area contributed by atoms with Crippen molar-refractivity contribution in [3.8, 4) is 0 Å². The van der Waals surface area contributed by atoms with Crippen molar-refractivity contribution in [3.63, 3.8) is 0 Å². The van der Waals surface area contributed by atoms with Crippen molar-refractivity contribution in [2.24, 2.45) is 17.3 Å². The summed E-state index contributed by atoms with van der Waals surface area (Å²) in [7, 11) is 0. The average molecular weight is 193 g/mol. The van der Waals surface area contributed by atoms with Crippen LogP contribution in [0.2, 0.25) is 0 Å². The van der Waals surface area contributed by atoms with Crippen molar-refractivity contribution >= 4 is 0 Å². The number of hydrogen-bond donors (Lipinski definition) is 0. The van der Waals surface area contributed by atoms with Crippen LogP contribution in [-0.4, -0.2) is 24.5 Å². The first-order valence-corrected chi connectivity index (χ1v) is 5.95. The molecule has 14 heavy (non-hydrogen) atoms. The zero-order chi connectivity index (χ0) is 10.3. The monoisotopic (exact) mass is 193 g/mol. The van der Waals surface area contributed by atoms with E-state index in [9.17, 15) is 0 Å². The van der Waals surface area contributed by atoms with E-state index < -0.39 is 0 Å². The van der Waals surface area contributed by atoms with Gasteiger partial charge in [0.1, 0.15) is 0 Å². The van der Waals surface area contributed by atoms with Gasteiger partial charge in [-0.05, 0) is 18.3 Å². The highest BCUT2D eigenvalue weighted by Crippen LogP contribution is 2.48. The highest BCUT2D eigenvalue weighted by atomic mass is 15.2. The Balaban J connectivity index is 1.79. The predicted molar refractivity (Wildman–Crippen MR) is 61.2 cm³/mol. The Labute approximate surface area is 88.2 Å². The third kappa shape index (κ3) is 1.75. The Morgan fingerprint density at radius 3 is 2.29 bits per heavy atom. The molecule has 2 rings (SSSR count). The summed E-state index contributed by atoms with van der Waals surface area (Å²) in [4.78, 5) is 2.60. The lowest BCUT2D eigenvalue weighted by molar-refractivity contribution is 0.0131. The van der Waals surface area contributed by atoms with Crippen molar-refractivity contribution < 1.29 is 0 Å². The van der Waals surface area contributed by atoms with Gasteiger partial charge in [0.2, 0.25) is 0 Å². The van der Waals surface area contributed by atoms with Gasteiger partial charge in [0, 0.05) is 25.0 Å². The van der Waals surface area contributed by atoms with Crippen LogP contribution in [-0.2, 0) is 0 Å². The molecule has 0 aromatic rings. The van der Waals surface area contributed by atoms with E-state index in [-0.39, 0.29) is 0 Å². The van der Waals surface area contributed by atoms with Gasteiger partial charge < -0.3 is 4.90 Å². The Morgan fingerprint density at radius 2 is 1.86 bits per heavy atom. The van der Waals surface area contributed by atoms with Gasteiger partial charge in [-0.3, -0.25) is 0 Å². The maximum atomic E-state index is 2.60. The smallest absolute Gasteiger partial charge is 0.0176 e. The zero-order valence-corrected chi connectivity index (χ0v) is 10.0. The molecule has 1 heteroatoms. The molecule has 0 radical (unpaired) electrons. The van der Waals surface area contributed by atoms with E-state index in [1.54, 1.807) is 5.57 Å². The molecule has 1 aliphatic carbocycles. The third-order valence-corrected chi connectivity index (χ3v) is 3.49. The lowest BCUT2D eigenvalue weighted by Crippen LogP contribution is -2.59. The van der Waals surface area contributed by atoms with Gasteiger partial charge in [-0.25, -0.2) is 0 Å². The van der Waals surface area contributed by atoms with Crippen LogP contribution in [0.5, 0.6) is 0 Å². The first kappa shape index (κ1) is 10.2. The van der Waals surface area contributed by atoms with Crippen LogP contribution in [0.15, 0.2) is 11.6 Å². The molecule has 1 fully saturated rings. The van der Waals surface area contributed by atoms with Crippen LogP contribution in [0, 0.1) is 17.3 Å². The molecule has 0 aromatic heterocycles. The van der Waals surface area contributed by atoms with Gasteiger partial charge in [0.15, 0.2) is 0 Å². The molecule has 1 aliphatic heterocycles. The van der Waals surface area contributed by atoms with Crippen molar-refractivity contribution in [1.29, 1.82) is 0 Å². The minimum atomic E-state index is 0.620. The molecule has 0 amide bonds. The van der Waals surface area contributed by atoms with Gasteiger partial charge in [-0.1, -0.05) is 39.3 Å². The molecule has 80 valence electrons. The highest BCUT2D eigenvalue weighted by Gasteiger charge is 2.46. The molecule has 1 spiro atoms. The van der Waals surface area contributed by atoms with Gasteiger partial charge >= 0.3 is 0 Å². The van der Waals surface area contributed by atoms with Crippen LogP contribution < -0.4 is 0 Å². The zero-order valence-electron chi connectivity index (χ0n) is 10.0. The molecule has 0 unspecified atom stereocenters. The third-order valence-electron chi connectivity index (χ3n) is 3.49. The molecule has 0 N–H and O–H groups in total. The summed E-state index contributed by atoms with van der Waals surface area (Å²) in [5.41, 5.74) is 2.31. The van der Waals surface area contributed by atoms with E-state index in [1.807, 2.05) is 0 Å². The average Bonchev–Trinajstić information content (AvgIpc) is 1.89. The van der Waals surface area contributed by atoms with Crippen LogP contribution in [0.1, 0.15) is 34.1 Å². The molecule has 0 aromatic carbocycles. The summed E-state index contributed by atoms with van der Waals surface area (Å²) in [5.74, 6) is 1.60. The Hall–Kier alpha value is -0.300. The van der Waals surface area contributed by atoms with Crippen LogP contribution in [0.3, 0.4) is 0 Å². The number of hydrogen-bond acceptors (Lipinski definition) is 1. The summed E-state index contributed by atoms with van der Waals surface area (Å²) in [6.07, 6.45) is 3.92. The van der Waals surface area contributed by atoms with Gasteiger partial charge in [-0.15, -0.1) is 0 Å². The molecule has 0 bridgehead atoms. The van der Waals surface area contributed by atoms with Gasteiger partial charge in [0.05, 0.1) is 0 Å². The first-order valence-electron chi connectivity index (χ1n) is 5.95. The van der Waals surface area contributed by atoms with E-state index in [2.05, 4.69) is 38.7 Å². The summed E-state index contributed by atoms with van der Waals surface area (Å²) < 4.78 is 0. The molecule has 0 saturated carbocycles. The fraction of sp³-hybridized carbons (Fsp3) is 0.846. The molecule has 1 nitrogen and oxygen atoms in total. The maximum Gasteiger partial charge on any atom is 0.0176 e. The van der Waals surface area contributed by atoms with E-state index in [0.29, 0.717) is 5.41 Å². The van der Waals surface area contributed by atoms with Crippen molar-refractivity contribution in [1.82, 2.24) is 4.90 Å². The largest absolute Gasteiger partial charge is 0.301 e. The number of likely N-dealkylation sites (tertiary alicyclic amines) is 1. The van der Waals surface area contributed by atoms with Crippen molar-refractivity contribution in [2.75, 3.05) is 19.6 Å². The normalized spacial score (nSPS) is 25.1. The molecule has 1 heterocycles. The summed E-state index contributed by atoms with van der Waals surface area (Å²) in [6, 6.07) is 0. The van der Waals surface area contributed by atoms with Crippen molar-refractivity contribution in [2.45, 2.75) is 34.1 Å².